The molecule has 1 aliphatic heterocycles. The lowest BCUT2D eigenvalue weighted by Crippen LogP contribution is -2.34. The smallest absolute Gasteiger partial charge is 0.187 e. The van der Waals surface area contributed by atoms with Crippen molar-refractivity contribution < 1.29 is 4.79 Å². The summed E-state index contributed by atoms with van der Waals surface area (Å²) in [7, 11) is 10.1. The number of likely N-dealkylation sites (tertiary alicyclic amines) is 1. The summed E-state index contributed by atoms with van der Waals surface area (Å²) in [4.78, 5) is 19.4. The van der Waals surface area contributed by atoms with E-state index in [4.69, 9.17) is 0 Å². The summed E-state index contributed by atoms with van der Waals surface area (Å²) in [6.07, 6.45) is 4.03. The van der Waals surface area contributed by atoms with Gasteiger partial charge in [0.25, 0.3) is 0 Å². The summed E-state index contributed by atoms with van der Waals surface area (Å²) < 4.78 is 0. The fourth-order valence-corrected chi connectivity index (χ4v) is 3.35. The molecule has 4 nitrogen and oxygen atoms in total. The van der Waals surface area contributed by atoms with Gasteiger partial charge in [0.1, 0.15) is 0 Å². The average molecular weight is 376 g/mol. The molecule has 0 aliphatic carbocycles. The molecule has 1 fully saturated rings. The number of benzene rings is 2. The van der Waals surface area contributed by atoms with E-state index >= 15 is 0 Å². The molecule has 1 saturated heterocycles. The quantitative estimate of drug-likeness (QED) is 0.760. The van der Waals surface area contributed by atoms with Gasteiger partial charge in [0.2, 0.25) is 0 Å². The van der Waals surface area contributed by atoms with Crippen LogP contribution < -0.4 is 9.80 Å². The molecule has 2 aromatic carbocycles. The van der Waals surface area contributed by atoms with Crippen LogP contribution in [-0.2, 0) is 4.79 Å². The van der Waals surface area contributed by atoms with Crippen molar-refractivity contribution in [3.8, 4) is 0 Å². The molecule has 2 aromatic rings. The molecule has 0 saturated carbocycles. The van der Waals surface area contributed by atoms with Gasteiger partial charge in [0, 0.05) is 63.8 Å². The third-order valence-electron chi connectivity index (χ3n) is 4.96. The fraction of sp³-hybridized carbons (Fsp3) is 0.292. The largest absolute Gasteiger partial charge is 0.378 e. The summed E-state index contributed by atoms with van der Waals surface area (Å²) in [6.45, 7) is 1.34. The fourth-order valence-electron chi connectivity index (χ4n) is 3.35. The van der Waals surface area contributed by atoms with E-state index in [1.54, 1.807) is 0 Å². The van der Waals surface area contributed by atoms with Gasteiger partial charge in [0.05, 0.1) is 0 Å². The zero-order valence-electron chi connectivity index (χ0n) is 17.4. The molecular weight excluding hydrogens is 346 g/mol. The standard InChI is InChI=1S/C24H29N3O/c1-25(2)22-10-6-18(7-11-22)14-20-16-27(5)17-21(24(20)28)15-19-8-12-23(13-9-19)26(3)4/h6-15H,16-17H2,1-5H3. The Bertz CT molecular complexity index is 817. The molecule has 146 valence electrons. The van der Waals surface area contributed by atoms with Gasteiger partial charge < -0.3 is 9.80 Å². The molecule has 0 amide bonds. The van der Waals surface area contributed by atoms with Crippen LogP contribution in [0, 0.1) is 0 Å². The second-order valence-electron chi connectivity index (χ2n) is 7.81. The number of hydrogen-bond acceptors (Lipinski definition) is 4. The zero-order valence-corrected chi connectivity index (χ0v) is 17.4. The Balaban J connectivity index is 1.85. The van der Waals surface area contributed by atoms with Crippen LogP contribution in [0.1, 0.15) is 11.1 Å². The molecule has 0 bridgehead atoms. The topological polar surface area (TPSA) is 26.8 Å². The average Bonchev–Trinajstić information content (AvgIpc) is 2.66. The van der Waals surface area contributed by atoms with E-state index in [2.05, 4.69) is 70.3 Å². The number of carbonyl (C=O) groups excluding carboxylic acids is 1. The number of ketones is 1. The van der Waals surface area contributed by atoms with Gasteiger partial charge in [0.15, 0.2) is 5.78 Å². The molecule has 28 heavy (non-hydrogen) atoms. The van der Waals surface area contributed by atoms with Gasteiger partial charge >= 0.3 is 0 Å². The Labute approximate surface area is 168 Å². The first-order valence-corrected chi connectivity index (χ1v) is 9.52. The van der Waals surface area contributed by atoms with E-state index < -0.39 is 0 Å². The Hall–Kier alpha value is -2.85. The van der Waals surface area contributed by atoms with Gasteiger partial charge in [-0.3, -0.25) is 9.69 Å². The summed E-state index contributed by atoms with van der Waals surface area (Å²) >= 11 is 0. The SMILES string of the molecule is CN1CC(=Cc2ccc(N(C)C)cc2)C(=O)C(=Cc2ccc(N(C)C)cc2)C1. The van der Waals surface area contributed by atoms with Crippen molar-refractivity contribution in [2.45, 2.75) is 0 Å². The van der Waals surface area contributed by atoms with Crippen LogP contribution in [0.2, 0.25) is 0 Å². The van der Waals surface area contributed by atoms with Crippen LogP contribution in [0.3, 0.4) is 0 Å². The van der Waals surface area contributed by atoms with E-state index in [1.807, 2.05) is 40.3 Å². The Morgan fingerprint density at radius 2 is 1.07 bits per heavy atom. The van der Waals surface area contributed by atoms with E-state index in [9.17, 15) is 4.79 Å². The first-order valence-electron chi connectivity index (χ1n) is 9.52. The summed E-state index contributed by atoms with van der Waals surface area (Å²) in [5.74, 6) is 0.145. The zero-order chi connectivity index (χ0) is 20.3. The predicted molar refractivity (Wildman–Crippen MR) is 120 cm³/mol. The second kappa shape index (κ2) is 8.44. The lowest BCUT2D eigenvalue weighted by molar-refractivity contribution is -0.113. The third kappa shape index (κ3) is 4.70. The minimum atomic E-state index is 0.145. The van der Waals surface area contributed by atoms with Crippen molar-refractivity contribution in [3.63, 3.8) is 0 Å². The van der Waals surface area contributed by atoms with Crippen molar-refractivity contribution in [1.82, 2.24) is 4.90 Å². The Morgan fingerprint density at radius 3 is 1.39 bits per heavy atom. The van der Waals surface area contributed by atoms with Crippen molar-refractivity contribution in [3.05, 3.63) is 70.8 Å². The maximum absolute atomic E-state index is 13.1. The van der Waals surface area contributed by atoms with Gasteiger partial charge in [-0.15, -0.1) is 0 Å². The molecule has 0 atom stereocenters. The van der Waals surface area contributed by atoms with Crippen LogP contribution in [0.4, 0.5) is 11.4 Å². The van der Waals surface area contributed by atoms with E-state index in [-0.39, 0.29) is 5.78 Å². The Morgan fingerprint density at radius 1 is 0.714 bits per heavy atom. The molecule has 0 N–H and O–H groups in total. The molecule has 0 spiro atoms. The maximum atomic E-state index is 13.1. The summed E-state index contributed by atoms with van der Waals surface area (Å²) in [5, 5.41) is 0. The molecule has 3 rings (SSSR count). The number of nitrogens with zero attached hydrogens (tertiary/aromatic N) is 3. The lowest BCUT2D eigenvalue weighted by atomic mass is 9.94. The number of Topliss-reactive ketones (excluding diaryl/α,β-unsaturated/α-hetero) is 1. The van der Waals surface area contributed by atoms with Gasteiger partial charge in [-0.1, -0.05) is 24.3 Å². The molecular formula is C24H29N3O. The maximum Gasteiger partial charge on any atom is 0.187 e. The minimum absolute atomic E-state index is 0.145. The van der Waals surface area contributed by atoms with Crippen molar-refractivity contribution in [2.75, 3.05) is 58.1 Å². The molecule has 0 unspecified atom stereocenters. The highest BCUT2D eigenvalue weighted by molar-refractivity contribution is 6.14. The van der Waals surface area contributed by atoms with Crippen molar-refractivity contribution in [1.29, 1.82) is 0 Å². The van der Waals surface area contributed by atoms with Gasteiger partial charge in [-0.05, 0) is 54.6 Å². The minimum Gasteiger partial charge on any atom is -0.378 e. The molecule has 0 aromatic heterocycles. The van der Waals surface area contributed by atoms with E-state index in [0.717, 1.165) is 33.6 Å². The number of carbonyl (C=O) groups is 1. The van der Waals surface area contributed by atoms with Crippen molar-refractivity contribution in [2.24, 2.45) is 0 Å². The van der Waals surface area contributed by atoms with Crippen LogP contribution >= 0.6 is 0 Å². The molecule has 1 aliphatic rings. The monoisotopic (exact) mass is 375 g/mol. The molecule has 1 heterocycles. The first-order chi connectivity index (χ1) is 13.3. The molecule has 0 radical (unpaired) electrons. The number of rotatable bonds is 4. The van der Waals surface area contributed by atoms with E-state index in [1.165, 1.54) is 0 Å². The highest BCUT2D eigenvalue weighted by Gasteiger charge is 2.23. The summed E-state index contributed by atoms with van der Waals surface area (Å²) in [6, 6.07) is 16.6. The van der Waals surface area contributed by atoms with Crippen LogP contribution in [0.25, 0.3) is 12.2 Å². The normalized spacial score (nSPS) is 18.0. The lowest BCUT2D eigenvalue weighted by Gasteiger charge is -2.26. The van der Waals surface area contributed by atoms with Crippen LogP contribution in [0.15, 0.2) is 59.7 Å². The predicted octanol–water partition coefficient (Wildman–Crippen LogP) is 3.80. The highest BCUT2D eigenvalue weighted by Crippen LogP contribution is 2.23. The number of piperidine rings is 1. The molecule has 4 heteroatoms. The number of hydrogen-bond donors (Lipinski definition) is 0. The van der Waals surface area contributed by atoms with Crippen LogP contribution in [-0.4, -0.2) is 59.0 Å². The van der Waals surface area contributed by atoms with E-state index in [0.29, 0.717) is 13.1 Å². The second-order valence-corrected chi connectivity index (χ2v) is 7.81. The first kappa shape index (κ1) is 19.9. The number of anilines is 2. The highest BCUT2D eigenvalue weighted by atomic mass is 16.1. The third-order valence-corrected chi connectivity index (χ3v) is 4.96. The van der Waals surface area contributed by atoms with Gasteiger partial charge in [-0.2, -0.15) is 0 Å². The summed E-state index contributed by atoms with van der Waals surface area (Å²) in [5.41, 5.74) is 6.08. The number of likely N-dealkylation sites (N-methyl/N-ethyl adjacent to an activating group) is 1. The van der Waals surface area contributed by atoms with Crippen molar-refractivity contribution >= 4 is 29.3 Å². The van der Waals surface area contributed by atoms with Gasteiger partial charge in [-0.25, -0.2) is 0 Å². The Kier molecular flexibility index (Phi) is 6.00. The van der Waals surface area contributed by atoms with Crippen LogP contribution in [0.5, 0.6) is 0 Å².